The Bertz CT molecular complexity index is 524. The molecule has 4 N–H and O–H groups in total. The third kappa shape index (κ3) is 5.07. The van der Waals surface area contributed by atoms with E-state index in [-0.39, 0.29) is 18.3 Å². The zero-order chi connectivity index (χ0) is 15.3. The van der Waals surface area contributed by atoms with E-state index in [4.69, 9.17) is 27.3 Å². The molecule has 1 aromatic carbocycles. The van der Waals surface area contributed by atoms with Gasteiger partial charge in [0.2, 0.25) is 5.91 Å². The Morgan fingerprint density at radius 1 is 1.50 bits per heavy atom. The number of carbonyl (C=O) groups is 1. The molecule has 0 saturated heterocycles. The number of oxime groups is 1. The van der Waals surface area contributed by atoms with Crippen LogP contribution in [0.2, 0.25) is 5.02 Å². The first kappa shape index (κ1) is 16.3. The Kier molecular flexibility index (Phi) is 5.35. The summed E-state index contributed by atoms with van der Waals surface area (Å²) < 4.78 is 5.36. The molecule has 110 valence electrons. The van der Waals surface area contributed by atoms with Crippen LogP contribution in [0.15, 0.2) is 23.4 Å². The van der Waals surface area contributed by atoms with Crippen molar-refractivity contribution in [2.24, 2.45) is 10.9 Å². The van der Waals surface area contributed by atoms with Gasteiger partial charge in [0.25, 0.3) is 0 Å². The van der Waals surface area contributed by atoms with Crippen molar-refractivity contribution in [2.75, 3.05) is 11.9 Å². The average molecular weight is 300 g/mol. The van der Waals surface area contributed by atoms with Crippen LogP contribution < -0.4 is 11.1 Å². The van der Waals surface area contributed by atoms with E-state index in [1.807, 2.05) is 20.8 Å². The second-order valence-corrected chi connectivity index (χ2v) is 5.54. The van der Waals surface area contributed by atoms with Crippen LogP contribution in [0.3, 0.4) is 0 Å². The van der Waals surface area contributed by atoms with E-state index in [0.29, 0.717) is 16.3 Å². The summed E-state index contributed by atoms with van der Waals surface area (Å²) in [6, 6.07) is 4.66. The van der Waals surface area contributed by atoms with Crippen molar-refractivity contribution in [3.05, 3.63) is 28.8 Å². The number of nitrogens with zero attached hydrogens (tertiary/aromatic N) is 1. The zero-order valence-electron chi connectivity index (χ0n) is 11.6. The number of nitrogens with one attached hydrogen (secondary N) is 1. The van der Waals surface area contributed by atoms with Crippen molar-refractivity contribution in [3.8, 4) is 0 Å². The van der Waals surface area contributed by atoms with Crippen molar-refractivity contribution in [2.45, 2.75) is 26.4 Å². The van der Waals surface area contributed by atoms with Crippen LogP contribution in [0.1, 0.15) is 26.3 Å². The number of ether oxygens (including phenoxy) is 1. The molecule has 7 heteroatoms. The van der Waals surface area contributed by atoms with E-state index >= 15 is 0 Å². The van der Waals surface area contributed by atoms with E-state index in [9.17, 15) is 4.79 Å². The maximum absolute atomic E-state index is 11.7. The van der Waals surface area contributed by atoms with Crippen molar-refractivity contribution in [1.29, 1.82) is 0 Å². The minimum Gasteiger partial charge on any atom is -0.409 e. The predicted octanol–water partition coefficient (Wildman–Crippen LogP) is 2.19. The summed E-state index contributed by atoms with van der Waals surface area (Å²) in [6.45, 7) is 5.51. The fourth-order valence-electron chi connectivity index (χ4n) is 1.30. The number of amidine groups is 1. The summed E-state index contributed by atoms with van der Waals surface area (Å²) in [5.74, 6) is -0.362. The number of benzene rings is 1. The Balaban J connectivity index is 2.72. The smallest absolute Gasteiger partial charge is 0.250 e. The lowest BCUT2D eigenvalue weighted by Gasteiger charge is -2.19. The highest BCUT2D eigenvalue weighted by Gasteiger charge is 2.14. The molecular formula is C13H18ClN3O3. The van der Waals surface area contributed by atoms with E-state index in [1.165, 1.54) is 6.07 Å². The molecule has 0 unspecified atom stereocenters. The highest BCUT2D eigenvalue weighted by atomic mass is 35.5. The molecule has 20 heavy (non-hydrogen) atoms. The van der Waals surface area contributed by atoms with Crippen molar-refractivity contribution in [1.82, 2.24) is 0 Å². The lowest BCUT2D eigenvalue weighted by atomic mass is 10.2. The second-order valence-electron chi connectivity index (χ2n) is 5.13. The minimum atomic E-state index is -0.392. The van der Waals surface area contributed by atoms with Gasteiger partial charge in [-0.1, -0.05) is 16.8 Å². The van der Waals surface area contributed by atoms with Gasteiger partial charge in [0.1, 0.15) is 6.61 Å². The van der Waals surface area contributed by atoms with Crippen molar-refractivity contribution >= 4 is 29.0 Å². The quantitative estimate of drug-likeness (QED) is 0.343. The van der Waals surface area contributed by atoms with Gasteiger partial charge in [0.15, 0.2) is 5.84 Å². The average Bonchev–Trinajstić information content (AvgIpc) is 2.37. The molecule has 1 amide bonds. The molecule has 0 bridgehead atoms. The van der Waals surface area contributed by atoms with Gasteiger partial charge in [-0.25, -0.2) is 0 Å². The Morgan fingerprint density at radius 2 is 2.15 bits per heavy atom. The molecule has 0 radical (unpaired) electrons. The summed E-state index contributed by atoms with van der Waals surface area (Å²) in [6.07, 6.45) is 0. The number of amides is 1. The van der Waals surface area contributed by atoms with Crippen LogP contribution in [-0.4, -0.2) is 29.2 Å². The molecule has 1 aromatic rings. The third-order valence-corrected chi connectivity index (χ3v) is 2.60. The number of halogens is 1. The third-order valence-electron chi connectivity index (χ3n) is 2.28. The Morgan fingerprint density at radius 3 is 2.65 bits per heavy atom. The van der Waals surface area contributed by atoms with Crippen LogP contribution in [-0.2, 0) is 9.53 Å². The first-order valence-corrected chi connectivity index (χ1v) is 6.32. The van der Waals surface area contributed by atoms with E-state index in [0.717, 1.165) is 0 Å². The summed E-state index contributed by atoms with van der Waals surface area (Å²) in [5, 5.41) is 14.4. The van der Waals surface area contributed by atoms with Gasteiger partial charge in [0.05, 0.1) is 16.3 Å². The molecule has 0 aromatic heterocycles. The number of rotatable bonds is 4. The number of hydrogen-bond donors (Lipinski definition) is 3. The first-order chi connectivity index (χ1) is 9.23. The zero-order valence-corrected chi connectivity index (χ0v) is 12.4. The molecule has 6 nitrogen and oxygen atoms in total. The van der Waals surface area contributed by atoms with Gasteiger partial charge in [0, 0.05) is 5.56 Å². The largest absolute Gasteiger partial charge is 0.409 e. The molecule has 0 aliphatic carbocycles. The normalized spacial score (nSPS) is 12.3. The van der Waals surface area contributed by atoms with Crippen LogP contribution in [0.4, 0.5) is 5.69 Å². The summed E-state index contributed by atoms with van der Waals surface area (Å²) in [5.41, 5.74) is 5.95. The number of anilines is 1. The summed E-state index contributed by atoms with van der Waals surface area (Å²) >= 11 is 6.02. The molecule has 0 fully saturated rings. The van der Waals surface area contributed by atoms with Gasteiger partial charge in [-0.05, 0) is 39.0 Å². The Hall–Kier alpha value is -1.79. The molecule has 0 aliphatic rings. The van der Waals surface area contributed by atoms with Gasteiger partial charge in [-0.2, -0.15) is 0 Å². The topological polar surface area (TPSA) is 96.9 Å². The van der Waals surface area contributed by atoms with Crippen molar-refractivity contribution in [3.63, 3.8) is 0 Å². The predicted molar refractivity (Wildman–Crippen MR) is 78.3 cm³/mol. The van der Waals surface area contributed by atoms with Gasteiger partial charge < -0.3 is 21.0 Å². The van der Waals surface area contributed by atoms with E-state index in [1.54, 1.807) is 12.1 Å². The highest BCUT2D eigenvalue weighted by Crippen LogP contribution is 2.23. The molecule has 0 atom stereocenters. The monoisotopic (exact) mass is 299 g/mol. The molecule has 0 saturated carbocycles. The molecule has 0 heterocycles. The molecule has 0 aliphatic heterocycles. The maximum Gasteiger partial charge on any atom is 0.250 e. The minimum absolute atomic E-state index is 0.0548. The second kappa shape index (κ2) is 6.58. The first-order valence-electron chi connectivity index (χ1n) is 5.94. The van der Waals surface area contributed by atoms with Gasteiger partial charge in [-0.3, -0.25) is 4.79 Å². The fourth-order valence-corrected chi connectivity index (χ4v) is 1.53. The summed E-state index contributed by atoms with van der Waals surface area (Å²) in [7, 11) is 0. The van der Waals surface area contributed by atoms with Crippen LogP contribution in [0.25, 0.3) is 0 Å². The SMILES string of the molecule is CC(C)(C)OCC(=O)Nc1ccc(/C(N)=N/O)cc1Cl. The maximum atomic E-state index is 11.7. The Labute approximate surface area is 122 Å². The summed E-state index contributed by atoms with van der Waals surface area (Å²) in [4.78, 5) is 11.7. The molecule has 1 rings (SSSR count). The van der Waals surface area contributed by atoms with Crippen LogP contribution in [0, 0.1) is 0 Å². The van der Waals surface area contributed by atoms with Crippen LogP contribution in [0.5, 0.6) is 0 Å². The van der Waals surface area contributed by atoms with E-state index < -0.39 is 5.60 Å². The van der Waals surface area contributed by atoms with Crippen molar-refractivity contribution < 1.29 is 14.7 Å². The van der Waals surface area contributed by atoms with Gasteiger partial charge >= 0.3 is 0 Å². The lowest BCUT2D eigenvalue weighted by molar-refractivity contribution is -0.125. The number of hydrogen-bond acceptors (Lipinski definition) is 4. The standard InChI is InChI=1S/C13H18ClN3O3/c1-13(2,3)20-7-11(18)16-10-5-4-8(6-9(10)14)12(15)17-19/h4-6,19H,7H2,1-3H3,(H2,15,17)(H,16,18). The van der Waals surface area contributed by atoms with E-state index in [2.05, 4.69) is 10.5 Å². The fraction of sp³-hybridized carbons (Fsp3) is 0.385. The molecular weight excluding hydrogens is 282 g/mol. The van der Waals surface area contributed by atoms with Crippen LogP contribution >= 0.6 is 11.6 Å². The highest BCUT2D eigenvalue weighted by molar-refractivity contribution is 6.34. The number of carbonyl (C=O) groups excluding carboxylic acids is 1. The van der Waals surface area contributed by atoms with Gasteiger partial charge in [-0.15, -0.1) is 0 Å². The molecule has 0 spiro atoms. The lowest BCUT2D eigenvalue weighted by Crippen LogP contribution is -2.27. The number of nitrogens with two attached hydrogens (primary N) is 1.